The van der Waals surface area contributed by atoms with E-state index in [2.05, 4.69) is 25.2 Å². The summed E-state index contributed by atoms with van der Waals surface area (Å²) < 4.78 is 0. The van der Waals surface area contributed by atoms with Crippen molar-refractivity contribution in [3.8, 4) is 0 Å². The number of hydrogen-bond acceptors (Lipinski definition) is 1. The Balaban J connectivity index is 1.81. The molecular weight excluding hydrogens is 222 g/mol. The number of nitrogens with one attached hydrogen (secondary N) is 1. The Bertz CT molecular complexity index is 321. The molecule has 2 aliphatic rings. The van der Waals surface area contributed by atoms with Crippen LogP contribution in [0.3, 0.4) is 0 Å². The molecule has 102 valence electrons. The molecule has 0 aromatic carbocycles. The summed E-state index contributed by atoms with van der Waals surface area (Å²) >= 11 is 0. The van der Waals surface area contributed by atoms with Gasteiger partial charge < -0.3 is 5.32 Å². The van der Waals surface area contributed by atoms with Crippen molar-refractivity contribution in [3.05, 3.63) is 11.6 Å². The number of amides is 1. The van der Waals surface area contributed by atoms with Gasteiger partial charge in [-0.15, -0.1) is 0 Å². The number of rotatable bonds is 3. The van der Waals surface area contributed by atoms with Crippen LogP contribution in [0, 0.1) is 11.8 Å². The highest BCUT2D eigenvalue weighted by Crippen LogP contribution is 2.29. The molecule has 2 nitrogen and oxygen atoms in total. The molecule has 0 saturated heterocycles. The summed E-state index contributed by atoms with van der Waals surface area (Å²) in [7, 11) is 0. The lowest BCUT2D eigenvalue weighted by Crippen LogP contribution is -2.43. The van der Waals surface area contributed by atoms with E-state index >= 15 is 0 Å². The van der Waals surface area contributed by atoms with E-state index in [1.807, 2.05) is 0 Å². The SMILES string of the molecule is C[C@@H]1[C@H](C)CCC[C@@H]1NC(=O)CC1=CCCCC1. The molecule has 2 aliphatic carbocycles. The molecule has 0 spiro atoms. The summed E-state index contributed by atoms with van der Waals surface area (Å²) in [6, 6.07) is 0.408. The van der Waals surface area contributed by atoms with Crippen molar-refractivity contribution in [3.63, 3.8) is 0 Å². The molecule has 0 aliphatic heterocycles. The minimum absolute atomic E-state index is 0.245. The van der Waals surface area contributed by atoms with Gasteiger partial charge in [-0.05, 0) is 43.9 Å². The lowest BCUT2D eigenvalue weighted by atomic mass is 9.78. The van der Waals surface area contributed by atoms with Gasteiger partial charge in [0.15, 0.2) is 0 Å². The highest BCUT2D eigenvalue weighted by Gasteiger charge is 2.28. The van der Waals surface area contributed by atoms with Crippen molar-refractivity contribution in [2.75, 3.05) is 0 Å². The molecule has 1 saturated carbocycles. The molecule has 0 aromatic rings. The first-order chi connectivity index (χ1) is 8.66. The van der Waals surface area contributed by atoms with Crippen LogP contribution >= 0.6 is 0 Å². The predicted molar refractivity (Wildman–Crippen MR) is 75.3 cm³/mol. The van der Waals surface area contributed by atoms with Crippen LogP contribution in [-0.4, -0.2) is 11.9 Å². The first-order valence-corrected chi connectivity index (χ1v) is 7.64. The summed E-state index contributed by atoms with van der Waals surface area (Å²) in [5, 5.41) is 3.27. The zero-order valence-electron chi connectivity index (χ0n) is 11.9. The van der Waals surface area contributed by atoms with Gasteiger partial charge in [-0.2, -0.15) is 0 Å². The zero-order chi connectivity index (χ0) is 13.0. The van der Waals surface area contributed by atoms with Crippen LogP contribution in [-0.2, 0) is 4.79 Å². The van der Waals surface area contributed by atoms with Crippen LogP contribution in [0.25, 0.3) is 0 Å². The van der Waals surface area contributed by atoms with Gasteiger partial charge in [-0.1, -0.05) is 38.3 Å². The molecule has 0 radical (unpaired) electrons. The summed E-state index contributed by atoms with van der Waals surface area (Å²) in [5.41, 5.74) is 1.36. The van der Waals surface area contributed by atoms with E-state index in [0.29, 0.717) is 18.4 Å². The maximum Gasteiger partial charge on any atom is 0.224 e. The van der Waals surface area contributed by atoms with E-state index in [0.717, 1.165) is 18.8 Å². The van der Waals surface area contributed by atoms with E-state index in [4.69, 9.17) is 0 Å². The van der Waals surface area contributed by atoms with Crippen molar-refractivity contribution in [2.24, 2.45) is 11.8 Å². The van der Waals surface area contributed by atoms with Crippen LogP contribution in [0.4, 0.5) is 0 Å². The van der Waals surface area contributed by atoms with Crippen LogP contribution < -0.4 is 5.32 Å². The molecule has 0 heterocycles. The summed E-state index contributed by atoms with van der Waals surface area (Å²) in [6.45, 7) is 4.60. The van der Waals surface area contributed by atoms with E-state index in [9.17, 15) is 4.79 Å². The normalized spacial score (nSPS) is 32.8. The number of carbonyl (C=O) groups is 1. The van der Waals surface area contributed by atoms with Gasteiger partial charge in [0.1, 0.15) is 0 Å². The molecular formula is C16H27NO. The average Bonchev–Trinajstić information content (AvgIpc) is 2.36. The fourth-order valence-electron chi connectivity index (χ4n) is 3.31. The second-order valence-corrected chi connectivity index (χ2v) is 6.23. The van der Waals surface area contributed by atoms with Gasteiger partial charge in [-0.25, -0.2) is 0 Å². The second-order valence-electron chi connectivity index (χ2n) is 6.23. The smallest absolute Gasteiger partial charge is 0.224 e. The van der Waals surface area contributed by atoms with Crippen molar-refractivity contribution in [2.45, 2.75) is 71.3 Å². The molecule has 1 fully saturated rings. The third kappa shape index (κ3) is 3.60. The molecule has 2 rings (SSSR count). The number of hydrogen-bond donors (Lipinski definition) is 1. The summed E-state index contributed by atoms with van der Waals surface area (Å²) in [4.78, 5) is 12.1. The van der Waals surface area contributed by atoms with Crippen molar-refractivity contribution in [1.82, 2.24) is 5.32 Å². The lowest BCUT2D eigenvalue weighted by Gasteiger charge is -2.34. The first-order valence-electron chi connectivity index (χ1n) is 7.64. The Morgan fingerprint density at radius 1 is 1.28 bits per heavy atom. The molecule has 0 unspecified atom stereocenters. The number of carbonyl (C=O) groups excluding carboxylic acids is 1. The maximum absolute atomic E-state index is 12.1. The highest BCUT2D eigenvalue weighted by molar-refractivity contribution is 5.78. The van der Waals surface area contributed by atoms with Gasteiger partial charge >= 0.3 is 0 Å². The molecule has 1 amide bonds. The predicted octanol–water partition coefficient (Wildman–Crippen LogP) is 3.82. The van der Waals surface area contributed by atoms with E-state index in [1.54, 1.807) is 0 Å². The lowest BCUT2D eigenvalue weighted by molar-refractivity contribution is -0.121. The number of allylic oxidation sites excluding steroid dienone is 1. The fourth-order valence-corrected chi connectivity index (χ4v) is 3.31. The Kier molecular flexibility index (Phi) is 4.85. The molecule has 1 N–H and O–H groups in total. The third-order valence-corrected chi connectivity index (χ3v) is 4.83. The summed E-state index contributed by atoms with van der Waals surface area (Å²) in [5.74, 6) is 1.62. The summed E-state index contributed by atoms with van der Waals surface area (Å²) in [6.07, 6.45) is 11.5. The monoisotopic (exact) mass is 249 g/mol. The minimum Gasteiger partial charge on any atom is -0.353 e. The van der Waals surface area contributed by atoms with Gasteiger partial charge in [0, 0.05) is 12.5 Å². The van der Waals surface area contributed by atoms with Gasteiger partial charge in [0.05, 0.1) is 0 Å². The van der Waals surface area contributed by atoms with Crippen LogP contribution in [0.5, 0.6) is 0 Å². The maximum atomic E-state index is 12.1. The Hall–Kier alpha value is -0.790. The van der Waals surface area contributed by atoms with E-state index in [-0.39, 0.29) is 5.91 Å². The quantitative estimate of drug-likeness (QED) is 0.757. The second kappa shape index (κ2) is 6.40. The molecule has 3 atom stereocenters. The molecule has 0 bridgehead atoms. The van der Waals surface area contributed by atoms with Crippen LogP contribution in [0.1, 0.15) is 65.2 Å². The average molecular weight is 249 g/mol. The Morgan fingerprint density at radius 2 is 2.11 bits per heavy atom. The largest absolute Gasteiger partial charge is 0.353 e. The minimum atomic E-state index is 0.245. The van der Waals surface area contributed by atoms with Crippen molar-refractivity contribution < 1.29 is 4.79 Å². The highest BCUT2D eigenvalue weighted by atomic mass is 16.1. The molecule has 0 aromatic heterocycles. The standard InChI is InChI=1S/C16H27NO/c1-12-7-6-10-15(13(12)2)17-16(18)11-14-8-4-3-5-9-14/h8,12-13,15H,3-7,9-11H2,1-2H3,(H,17,18)/t12-,13-,15+/m1/s1. The van der Waals surface area contributed by atoms with Crippen molar-refractivity contribution in [1.29, 1.82) is 0 Å². The van der Waals surface area contributed by atoms with E-state index in [1.165, 1.54) is 37.7 Å². The van der Waals surface area contributed by atoms with Gasteiger partial charge in [0.25, 0.3) is 0 Å². The Labute approximate surface area is 111 Å². The van der Waals surface area contributed by atoms with Gasteiger partial charge in [-0.3, -0.25) is 4.79 Å². The van der Waals surface area contributed by atoms with Crippen LogP contribution in [0.2, 0.25) is 0 Å². The molecule has 2 heteroatoms. The van der Waals surface area contributed by atoms with Crippen LogP contribution in [0.15, 0.2) is 11.6 Å². The fraction of sp³-hybridized carbons (Fsp3) is 0.812. The topological polar surface area (TPSA) is 29.1 Å². The molecule has 18 heavy (non-hydrogen) atoms. The van der Waals surface area contributed by atoms with Crippen molar-refractivity contribution >= 4 is 5.91 Å². The first kappa shape index (κ1) is 13.6. The van der Waals surface area contributed by atoms with Gasteiger partial charge in [0.2, 0.25) is 5.91 Å². The van der Waals surface area contributed by atoms with E-state index < -0.39 is 0 Å². The third-order valence-electron chi connectivity index (χ3n) is 4.83. The zero-order valence-corrected chi connectivity index (χ0v) is 11.9. The Morgan fingerprint density at radius 3 is 2.83 bits per heavy atom.